The molecule has 0 saturated heterocycles. The number of nitrogens with one attached hydrogen (secondary N) is 2. The van der Waals surface area contributed by atoms with Crippen LogP contribution < -0.4 is 10.6 Å². The van der Waals surface area contributed by atoms with E-state index in [9.17, 15) is 9.59 Å². The Morgan fingerprint density at radius 2 is 2.06 bits per heavy atom. The van der Waals surface area contributed by atoms with Crippen molar-refractivity contribution >= 4 is 11.9 Å². The number of ether oxygens (including phenoxy) is 1. The van der Waals surface area contributed by atoms with Crippen molar-refractivity contribution in [2.75, 3.05) is 13.7 Å². The van der Waals surface area contributed by atoms with E-state index in [1.165, 1.54) is 26.9 Å². The van der Waals surface area contributed by atoms with Gasteiger partial charge in [0.05, 0.1) is 7.11 Å². The Balaban J connectivity index is 2.36. The van der Waals surface area contributed by atoms with Crippen LogP contribution in [0.1, 0.15) is 26.7 Å². The van der Waals surface area contributed by atoms with Crippen LogP contribution in [0.15, 0.2) is 0 Å². The molecule has 0 bridgehead atoms. The third-order valence-electron chi connectivity index (χ3n) is 2.84. The first kappa shape index (κ1) is 13.0. The number of methoxy groups -OCH3 is 1. The molecule has 2 N–H and O–H groups in total. The van der Waals surface area contributed by atoms with E-state index in [-0.39, 0.29) is 5.91 Å². The molecule has 92 valence electrons. The van der Waals surface area contributed by atoms with Crippen LogP contribution >= 0.6 is 0 Å². The fourth-order valence-electron chi connectivity index (χ4n) is 1.65. The molecule has 2 atom stereocenters. The molecule has 0 aliphatic heterocycles. The van der Waals surface area contributed by atoms with Crippen LogP contribution in [0, 0.1) is 5.92 Å². The summed E-state index contributed by atoms with van der Waals surface area (Å²) in [6.45, 7) is 3.91. The second kappa shape index (κ2) is 5.84. The first-order chi connectivity index (χ1) is 7.54. The number of esters is 1. The van der Waals surface area contributed by atoms with E-state index in [1.807, 2.05) is 0 Å². The van der Waals surface area contributed by atoms with Crippen molar-refractivity contribution in [3.05, 3.63) is 0 Å². The molecular formula is C11H20N2O3. The Bertz CT molecular complexity index is 264. The molecule has 1 rings (SSSR count). The van der Waals surface area contributed by atoms with Crippen molar-refractivity contribution in [1.29, 1.82) is 0 Å². The molecule has 0 aromatic carbocycles. The maximum absolute atomic E-state index is 11.4. The second-order valence-corrected chi connectivity index (χ2v) is 4.31. The zero-order chi connectivity index (χ0) is 12.1. The van der Waals surface area contributed by atoms with Crippen LogP contribution in [0.2, 0.25) is 0 Å². The molecule has 1 saturated carbocycles. The first-order valence-electron chi connectivity index (χ1n) is 5.63. The molecule has 0 radical (unpaired) electrons. The number of hydrogen-bond acceptors (Lipinski definition) is 4. The summed E-state index contributed by atoms with van der Waals surface area (Å²) in [6, 6.07) is -0.204. The van der Waals surface area contributed by atoms with Crippen LogP contribution in [-0.2, 0) is 14.3 Å². The van der Waals surface area contributed by atoms with E-state index in [4.69, 9.17) is 0 Å². The van der Waals surface area contributed by atoms with E-state index < -0.39 is 12.0 Å². The van der Waals surface area contributed by atoms with Crippen molar-refractivity contribution in [3.63, 3.8) is 0 Å². The van der Waals surface area contributed by atoms with Gasteiger partial charge in [0.15, 0.2) is 0 Å². The molecular weight excluding hydrogens is 208 g/mol. The minimum absolute atomic E-state index is 0.226. The predicted octanol–water partition coefficient (Wildman–Crippen LogP) is 0.0522. The quantitative estimate of drug-likeness (QED) is 0.630. The summed E-state index contributed by atoms with van der Waals surface area (Å²) in [4.78, 5) is 22.3. The van der Waals surface area contributed by atoms with Gasteiger partial charge in [0, 0.05) is 19.5 Å². The van der Waals surface area contributed by atoms with Crippen molar-refractivity contribution in [2.24, 2.45) is 5.92 Å². The van der Waals surface area contributed by atoms with Gasteiger partial charge in [-0.3, -0.25) is 4.79 Å². The van der Waals surface area contributed by atoms with Gasteiger partial charge >= 0.3 is 5.97 Å². The van der Waals surface area contributed by atoms with Gasteiger partial charge in [-0.2, -0.15) is 0 Å². The van der Waals surface area contributed by atoms with Crippen LogP contribution in [-0.4, -0.2) is 37.6 Å². The molecule has 1 aliphatic carbocycles. The maximum atomic E-state index is 11.4. The fraction of sp³-hybridized carbons (Fsp3) is 0.818. The van der Waals surface area contributed by atoms with Crippen molar-refractivity contribution in [3.8, 4) is 0 Å². The van der Waals surface area contributed by atoms with E-state index >= 15 is 0 Å². The molecule has 0 spiro atoms. The lowest BCUT2D eigenvalue weighted by Gasteiger charge is -2.19. The van der Waals surface area contributed by atoms with Gasteiger partial charge in [0.1, 0.15) is 6.04 Å². The summed E-state index contributed by atoms with van der Waals surface area (Å²) in [5.74, 6) is 0.0811. The molecule has 1 amide bonds. The lowest BCUT2D eigenvalue weighted by Crippen LogP contribution is -2.49. The molecule has 16 heavy (non-hydrogen) atoms. The lowest BCUT2D eigenvalue weighted by atomic mass is 10.2. The molecule has 1 aliphatic rings. The number of amides is 1. The molecule has 0 aromatic rings. The van der Waals surface area contributed by atoms with Gasteiger partial charge < -0.3 is 15.4 Å². The Kier molecular flexibility index (Phi) is 4.73. The highest BCUT2D eigenvalue weighted by molar-refractivity contribution is 5.83. The zero-order valence-electron chi connectivity index (χ0n) is 10.1. The number of rotatable bonds is 6. The van der Waals surface area contributed by atoms with E-state index in [1.54, 1.807) is 0 Å². The largest absolute Gasteiger partial charge is 0.467 e. The van der Waals surface area contributed by atoms with Crippen LogP contribution in [0.25, 0.3) is 0 Å². The Hall–Kier alpha value is -1.10. The smallest absolute Gasteiger partial charge is 0.329 e. The van der Waals surface area contributed by atoms with Crippen molar-refractivity contribution in [1.82, 2.24) is 10.6 Å². The standard InChI is InChI=1S/C11H20N2O3/c1-7(9-4-5-9)12-6-10(11(15)16-3)13-8(2)14/h7,9-10,12H,4-6H2,1-3H3,(H,13,14). The topological polar surface area (TPSA) is 67.4 Å². The molecule has 2 unspecified atom stereocenters. The lowest BCUT2D eigenvalue weighted by molar-refractivity contribution is -0.144. The predicted molar refractivity (Wildman–Crippen MR) is 59.8 cm³/mol. The third-order valence-corrected chi connectivity index (χ3v) is 2.84. The number of hydrogen-bond donors (Lipinski definition) is 2. The second-order valence-electron chi connectivity index (χ2n) is 4.31. The average molecular weight is 228 g/mol. The Morgan fingerprint density at radius 1 is 1.44 bits per heavy atom. The molecule has 0 aromatic heterocycles. The van der Waals surface area contributed by atoms with E-state index in [0.717, 1.165) is 5.92 Å². The van der Waals surface area contributed by atoms with Crippen molar-refractivity contribution < 1.29 is 14.3 Å². The van der Waals surface area contributed by atoms with Gasteiger partial charge in [-0.15, -0.1) is 0 Å². The van der Waals surface area contributed by atoms with Crippen LogP contribution in [0.3, 0.4) is 0 Å². The minimum atomic E-state index is -0.594. The Morgan fingerprint density at radius 3 is 2.50 bits per heavy atom. The normalized spacial score (nSPS) is 18.7. The highest BCUT2D eigenvalue weighted by atomic mass is 16.5. The highest BCUT2D eigenvalue weighted by Gasteiger charge is 2.29. The molecule has 1 fully saturated rings. The zero-order valence-corrected chi connectivity index (χ0v) is 10.1. The van der Waals surface area contributed by atoms with Crippen molar-refractivity contribution in [2.45, 2.75) is 38.8 Å². The SMILES string of the molecule is COC(=O)C(CNC(C)C1CC1)NC(C)=O. The Labute approximate surface area is 95.9 Å². The fourth-order valence-corrected chi connectivity index (χ4v) is 1.65. The van der Waals surface area contributed by atoms with Crippen LogP contribution in [0.4, 0.5) is 0 Å². The summed E-state index contributed by atoms with van der Waals surface area (Å²) in [5, 5.41) is 5.82. The monoisotopic (exact) mass is 228 g/mol. The summed E-state index contributed by atoms with van der Waals surface area (Å²) >= 11 is 0. The maximum Gasteiger partial charge on any atom is 0.329 e. The third kappa shape index (κ3) is 4.18. The highest BCUT2D eigenvalue weighted by Crippen LogP contribution is 2.32. The minimum Gasteiger partial charge on any atom is -0.467 e. The van der Waals surface area contributed by atoms with Gasteiger partial charge in [-0.25, -0.2) is 4.79 Å². The molecule has 5 heteroatoms. The van der Waals surface area contributed by atoms with E-state index in [2.05, 4.69) is 22.3 Å². The molecule has 5 nitrogen and oxygen atoms in total. The number of carbonyl (C=O) groups is 2. The summed E-state index contributed by atoms with van der Waals surface area (Å²) in [7, 11) is 1.32. The van der Waals surface area contributed by atoms with Gasteiger partial charge in [0.2, 0.25) is 5.91 Å². The van der Waals surface area contributed by atoms with E-state index in [0.29, 0.717) is 12.6 Å². The number of carbonyl (C=O) groups excluding carboxylic acids is 2. The van der Waals surface area contributed by atoms with Gasteiger partial charge in [-0.05, 0) is 25.7 Å². The van der Waals surface area contributed by atoms with Gasteiger partial charge in [-0.1, -0.05) is 0 Å². The first-order valence-corrected chi connectivity index (χ1v) is 5.63. The summed E-state index contributed by atoms with van der Waals surface area (Å²) in [6.07, 6.45) is 2.49. The summed E-state index contributed by atoms with van der Waals surface area (Å²) in [5.41, 5.74) is 0. The average Bonchev–Trinajstić information content (AvgIpc) is 3.05. The van der Waals surface area contributed by atoms with Crippen LogP contribution in [0.5, 0.6) is 0 Å². The summed E-state index contributed by atoms with van der Waals surface area (Å²) < 4.78 is 4.63. The van der Waals surface area contributed by atoms with Gasteiger partial charge in [0.25, 0.3) is 0 Å². The molecule has 0 heterocycles.